The summed E-state index contributed by atoms with van der Waals surface area (Å²) in [5.74, 6) is 0.961. The van der Waals surface area contributed by atoms with E-state index in [1.165, 1.54) is 6.92 Å². The molecular formula is C36H42O6S. The van der Waals surface area contributed by atoms with E-state index in [2.05, 4.69) is 39.8 Å². The molecule has 2 aliphatic rings. The fraction of sp³-hybridized carbons (Fsp3) is 0.417. The van der Waals surface area contributed by atoms with E-state index < -0.39 is 21.5 Å². The van der Waals surface area contributed by atoms with Crippen molar-refractivity contribution in [2.45, 2.75) is 83.6 Å². The first-order valence-electron chi connectivity index (χ1n) is 15.0. The van der Waals surface area contributed by atoms with Crippen molar-refractivity contribution >= 4 is 21.8 Å². The third-order valence-corrected chi connectivity index (χ3v) is 10.5. The van der Waals surface area contributed by atoms with E-state index in [0.717, 1.165) is 52.8 Å². The Morgan fingerprint density at radius 2 is 1.70 bits per heavy atom. The summed E-state index contributed by atoms with van der Waals surface area (Å²) in [6.07, 6.45) is 4.62. The van der Waals surface area contributed by atoms with Crippen LogP contribution in [0.4, 0.5) is 0 Å². The summed E-state index contributed by atoms with van der Waals surface area (Å²) in [7, 11) is -3.95. The van der Waals surface area contributed by atoms with Crippen LogP contribution in [-0.2, 0) is 35.9 Å². The maximum absolute atomic E-state index is 13.2. The molecule has 0 heterocycles. The molecule has 2 aliphatic carbocycles. The standard InChI is InChI=1S/C36H42O6S/c1-24(2)29-19-30-31(20-32(29)40-22-27-11-8-7-9-12-27)36(6)18-10-17-35(5,34(36)21-33(30)42-26(4)37)23-41-43(38,39)28-15-13-25(3)14-16-28/h7-9,11-16,19-21,24,34H,10,17-18,22-23H2,1-6H3/t34-,35-,36+/m0/s1. The highest BCUT2D eigenvalue weighted by Gasteiger charge is 2.53. The molecule has 0 unspecified atom stereocenters. The molecule has 3 aromatic rings. The molecule has 3 atom stereocenters. The molecule has 228 valence electrons. The first-order valence-corrected chi connectivity index (χ1v) is 16.4. The molecule has 0 bridgehead atoms. The van der Waals surface area contributed by atoms with E-state index in [1.807, 2.05) is 43.3 Å². The number of rotatable bonds is 9. The van der Waals surface area contributed by atoms with Crippen molar-refractivity contribution < 1.29 is 26.9 Å². The van der Waals surface area contributed by atoms with Crippen LogP contribution in [0.1, 0.15) is 87.6 Å². The lowest BCUT2D eigenvalue weighted by molar-refractivity contribution is -0.134. The summed E-state index contributed by atoms with van der Waals surface area (Å²) < 4.78 is 44.5. The predicted molar refractivity (Wildman–Crippen MR) is 168 cm³/mol. The third-order valence-electron chi connectivity index (χ3n) is 9.20. The molecule has 6 nitrogen and oxygen atoms in total. The third kappa shape index (κ3) is 6.29. The normalized spacial score (nSPS) is 23.2. The first-order chi connectivity index (χ1) is 20.3. The number of esters is 1. The van der Waals surface area contributed by atoms with Gasteiger partial charge in [-0.05, 0) is 84.0 Å². The van der Waals surface area contributed by atoms with Gasteiger partial charge >= 0.3 is 5.97 Å². The van der Waals surface area contributed by atoms with Crippen molar-refractivity contribution in [3.63, 3.8) is 0 Å². The SMILES string of the molecule is CC(=O)OC1=C[C@H]2[C@](C)(COS(=O)(=O)c3ccc(C)cc3)CCC[C@]2(C)c2cc(OCc3ccccc3)c(C(C)C)cc21. The number of aryl methyl sites for hydroxylation is 1. The lowest BCUT2D eigenvalue weighted by atomic mass is 9.51. The molecule has 7 heteroatoms. The lowest BCUT2D eigenvalue weighted by Gasteiger charge is -2.53. The number of carbonyl (C=O) groups excluding carboxylic acids is 1. The van der Waals surface area contributed by atoms with Crippen LogP contribution in [0, 0.1) is 18.3 Å². The first kappa shape index (κ1) is 31.0. The molecule has 0 aliphatic heterocycles. The van der Waals surface area contributed by atoms with Gasteiger partial charge in [0, 0.05) is 17.9 Å². The average molecular weight is 603 g/mol. The quantitative estimate of drug-likeness (QED) is 0.182. The fourth-order valence-electron chi connectivity index (χ4n) is 6.84. The molecule has 3 aromatic carbocycles. The maximum Gasteiger partial charge on any atom is 0.308 e. The number of ether oxygens (including phenoxy) is 2. The highest BCUT2D eigenvalue weighted by molar-refractivity contribution is 7.86. The van der Waals surface area contributed by atoms with Crippen molar-refractivity contribution in [3.05, 3.63) is 101 Å². The van der Waals surface area contributed by atoms with Gasteiger partial charge in [0.1, 0.15) is 18.1 Å². The largest absolute Gasteiger partial charge is 0.489 e. The Morgan fingerprint density at radius 3 is 2.35 bits per heavy atom. The molecular weight excluding hydrogens is 560 g/mol. The van der Waals surface area contributed by atoms with E-state index in [4.69, 9.17) is 13.7 Å². The Kier molecular flexibility index (Phi) is 8.61. The van der Waals surface area contributed by atoms with Gasteiger partial charge in [-0.15, -0.1) is 0 Å². The molecule has 5 rings (SSSR count). The highest BCUT2D eigenvalue weighted by atomic mass is 32.2. The smallest absolute Gasteiger partial charge is 0.308 e. The Morgan fingerprint density at radius 1 is 1.00 bits per heavy atom. The van der Waals surface area contributed by atoms with Gasteiger partial charge in [0.05, 0.1) is 11.5 Å². The van der Waals surface area contributed by atoms with Crippen LogP contribution in [0.25, 0.3) is 5.76 Å². The Hall–Kier alpha value is -3.42. The van der Waals surface area contributed by atoms with Gasteiger partial charge in [-0.3, -0.25) is 8.98 Å². The Labute approximate surface area is 256 Å². The number of benzene rings is 3. The predicted octanol–water partition coefficient (Wildman–Crippen LogP) is 8.08. The summed E-state index contributed by atoms with van der Waals surface area (Å²) >= 11 is 0. The zero-order chi connectivity index (χ0) is 31.0. The van der Waals surface area contributed by atoms with Crippen LogP contribution in [0.3, 0.4) is 0 Å². The zero-order valence-electron chi connectivity index (χ0n) is 26.0. The maximum atomic E-state index is 13.2. The molecule has 0 saturated heterocycles. The number of fused-ring (bicyclic) bond motifs is 3. The topological polar surface area (TPSA) is 78.9 Å². The zero-order valence-corrected chi connectivity index (χ0v) is 26.8. The number of allylic oxidation sites excluding steroid dienone is 1. The minimum Gasteiger partial charge on any atom is -0.489 e. The van der Waals surface area contributed by atoms with E-state index in [0.29, 0.717) is 12.4 Å². The lowest BCUT2D eigenvalue weighted by Crippen LogP contribution is -2.49. The van der Waals surface area contributed by atoms with Crippen LogP contribution in [0.2, 0.25) is 0 Å². The molecule has 0 N–H and O–H groups in total. The number of hydrogen-bond donors (Lipinski definition) is 0. The molecule has 43 heavy (non-hydrogen) atoms. The molecule has 1 fully saturated rings. The Balaban J connectivity index is 1.55. The van der Waals surface area contributed by atoms with E-state index in [9.17, 15) is 13.2 Å². The van der Waals surface area contributed by atoms with Crippen LogP contribution >= 0.6 is 0 Å². The van der Waals surface area contributed by atoms with Crippen molar-refractivity contribution in [1.29, 1.82) is 0 Å². The van der Waals surface area contributed by atoms with Gasteiger partial charge in [0.25, 0.3) is 10.1 Å². The molecule has 0 radical (unpaired) electrons. The van der Waals surface area contributed by atoms with Crippen LogP contribution in [-0.4, -0.2) is 21.0 Å². The molecule has 0 spiro atoms. The van der Waals surface area contributed by atoms with Gasteiger partial charge in [-0.25, -0.2) is 0 Å². The second-order valence-corrected chi connectivity index (χ2v) is 14.5. The molecule has 1 saturated carbocycles. The summed E-state index contributed by atoms with van der Waals surface area (Å²) in [5.41, 5.74) is 4.15. The van der Waals surface area contributed by atoms with Gasteiger partial charge in [-0.2, -0.15) is 8.42 Å². The van der Waals surface area contributed by atoms with E-state index in [1.54, 1.807) is 24.3 Å². The minimum absolute atomic E-state index is 0.0179. The van der Waals surface area contributed by atoms with Crippen LogP contribution in [0.5, 0.6) is 5.75 Å². The fourth-order valence-corrected chi connectivity index (χ4v) is 7.87. The summed E-state index contributed by atoms with van der Waals surface area (Å²) in [6.45, 7) is 12.4. The number of carbonyl (C=O) groups is 1. The van der Waals surface area contributed by atoms with Crippen LogP contribution in [0.15, 0.2) is 77.7 Å². The van der Waals surface area contributed by atoms with Gasteiger partial charge < -0.3 is 9.47 Å². The number of hydrogen-bond acceptors (Lipinski definition) is 6. The van der Waals surface area contributed by atoms with Gasteiger partial charge in [0.15, 0.2) is 0 Å². The second-order valence-electron chi connectivity index (χ2n) is 12.9. The summed E-state index contributed by atoms with van der Waals surface area (Å²) in [4.78, 5) is 12.5. The van der Waals surface area contributed by atoms with Gasteiger partial charge in [0.2, 0.25) is 0 Å². The second kappa shape index (κ2) is 11.9. The van der Waals surface area contributed by atoms with Crippen molar-refractivity contribution in [1.82, 2.24) is 0 Å². The van der Waals surface area contributed by atoms with E-state index >= 15 is 0 Å². The average Bonchev–Trinajstić information content (AvgIpc) is 2.96. The van der Waals surface area contributed by atoms with Gasteiger partial charge in [-0.1, -0.05) is 82.1 Å². The van der Waals surface area contributed by atoms with Crippen LogP contribution < -0.4 is 4.74 Å². The van der Waals surface area contributed by atoms with Crippen molar-refractivity contribution in [3.8, 4) is 5.75 Å². The monoisotopic (exact) mass is 602 g/mol. The highest BCUT2D eigenvalue weighted by Crippen LogP contribution is 2.58. The molecule has 0 amide bonds. The van der Waals surface area contributed by atoms with E-state index in [-0.39, 0.29) is 28.8 Å². The minimum atomic E-state index is -3.95. The molecule has 0 aromatic heterocycles. The Bertz CT molecular complexity index is 1620. The van der Waals surface area contributed by atoms with Crippen molar-refractivity contribution in [2.75, 3.05) is 6.61 Å². The van der Waals surface area contributed by atoms with Crippen molar-refractivity contribution in [2.24, 2.45) is 11.3 Å². The summed E-state index contributed by atoms with van der Waals surface area (Å²) in [6, 6.07) is 21.0. The summed E-state index contributed by atoms with van der Waals surface area (Å²) in [5, 5.41) is 0.